The first-order valence-corrected chi connectivity index (χ1v) is 11.7. The third-order valence-corrected chi connectivity index (χ3v) is 5.89. The topological polar surface area (TPSA) is 115 Å². The average Bonchev–Trinajstić information content (AvgIpc) is 3.24. The van der Waals surface area contributed by atoms with Gasteiger partial charge in [-0.15, -0.1) is 0 Å². The molecule has 3 aromatic carbocycles. The molecule has 0 unspecified atom stereocenters. The highest BCUT2D eigenvalue weighted by Gasteiger charge is 2.20. The molecule has 0 atom stereocenters. The molecule has 0 saturated carbocycles. The molecule has 0 spiro atoms. The van der Waals surface area contributed by atoms with Crippen LogP contribution in [0.1, 0.15) is 28.4 Å². The summed E-state index contributed by atoms with van der Waals surface area (Å²) in [6, 6.07) is 19.0. The Kier molecular flexibility index (Phi) is 7.68. The molecule has 36 heavy (non-hydrogen) atoms. The maximum absolute atomic E-state index is 13.6. The highest BCUT2D eigenvalue weighted by molar-refractivity contribution is 6.31. The molecule has 0 bridgehead atoms. The van der Waals surface area contributed by atoms with Crippen molar-refractivity contribution in [3.05, 3.63) is 94.6 Å². The Labute approximate surface area is 213 Å². The number of nitrogens with zero attached hydrogens (tertiary/aromatic N) is 1. The Morgan fingerprint density at radius 2 is 1.75 bits per heavy atom. The number of nitrogens with two attached hydrogens (primary N) is 1. The van der Waals surface area contributed by atoms with Crippen molar-refractivity contribution in [2.45, 2.75) is 20.0 Å². The van der Waals surface area contributed by atoms with Crippen LogP contribution < -0.4 is 16.4 Å². The number of benzene rings is 3. The summed E-state index contributed by atoms with van der Waals surface area (Å²) in [7, 11) is 0. The number of aryl methyl sites for hydroxylation is 1. The van der Waals surface area contributed by atoms with Crippen molar-refractivity contribution in [1.82, 2.24) is 4.57 Å². The minimum Gasteiger partial charge on any atom is -0.460 e. The lowest BCUT2D eigenvalue weighted by Gasteiger charge is -2.10. The third kappa shape index (κ3) is 5.56. The van der Waals surface area contributed by atoms with Crippen molar-refractivity contribution in [1.29, 1.82) is 0 Å². The molecule has 0 aliphatic heterocycles. The molecular weight excluding hydrogens is 480 g/mol. The van der Waals surface area contributed by atoms with Crippen molar-refractivity contribution in [3.63, 3.8) is 0 Å². The van der Waals surface area contributed by atoms with Gasteiger partial charge in [-0.1, -0.05) is 48.9 Å². The van der Waals surface area contributed by atoms with Gasteiger partial charge in [0.1, 0.15) is 6.61 Å². The Morgan fingerprint density at radius 1 is 1.00 bits per heavy atom. The van der Waals surface area contributed by atoms with Crippen molar-refractivity contribution < 1.29 is 19.1 Å². The number of ether oxygens (including phenoxy) is 1. The number of nitrogens with one attached hydrogen (secondary N) is 2. The fourth-order valence-corrected chi connectivity index (χ4v) is 3.95. The SMILES string of the molecule is CCc1ccc(NC(=O)Nc2cn(C(=O)c3ccccc3COC(=O)CN)c3ccc(Cl)cc23)cc1. The largest absolute Gasteiger partial charge is 0.460 e. The molecule has 4 rings (SSSR count). The summed E-state index contributed by atoms with van der Waals surface area (Å²) in [5.41, 5.74) is 8.96. The molecule has 4 aromatic rings. The second kappa shape index (κ2) is 11.1. The van der Waals surface area contributed by atoms with E-state index in [-0.39, 0.29) is 19.1 Å². The van der Waals surface area contributed by atoms with E-state index in [2.05, 4.69) is 17.6 Å². The lowest BCUT2D eigenvalue weighted by molar-refractivity contribution is -0.143. The van der Waals surface area contributed by atoms with E-state index in [1.165, 1.54) is 4.57 Å². The molecule has 4 N–H and O–H groups in total. The fourth-order valence-electron chi connectivity index (χ4n) is 3.78. The number of carbonyl (C=O) groups is 3. The standard InChI is InChI=1S/C27H25ClN4O4/c1-2-17-7-10-20(11-8-17)30-27(35)31-23-15-32(24-12-9-19(28)13-22(23)24)26(34)21-6-4-3-5-18(21)16-36-25(33)14-29/h3-13,15H,2,14,16,29H2,1H3,(H2,30,31,35). The van der Waals surface area contributed by atoms with E-state index in [4.69, 9.17) is 22.1 Å². The van der Waals surface area contributed by atoms with Gasteiger partial charge in [0.05, 0.1) is 17.7 Å². The van der Waals surface area contributed by atoms with Gasteiger partial charge in [-0.2, -0.15) is 0 Å². The maximum atomic E-state index is 13.6. The molecule has 0 aliphatic carbocycles. The molecule has 1 aromatic heterocycles. The van der Waals surface area contributed by atoms with Gasteiger partial charge in [-0.25, -0.2) is 4.79 Å². The number of hydrogen-bond acceptors (Lipinski definition) is 5. The van der Waals surface area contributed by atoms with Crippen LogP contribution in [0.3, 0.4) is 0 Å². The van der Waals surface area contributed by atoms with E-state index in [0.717, 1.165) is 12.0 Å². The molecule has 8 nitrogen and oxygen atoms in total. The van der Waals surface area contributed by atoms with Gasteiger partial charge in [-0.05, 0) is 48.4 Å². The summed E-state index contributed by atoms with van der Waals surface area (Å²) in [5, 5.41) is 6.67. The number of anilines is 2. The van der Waals surface area contributed by atoms with E-state index in [1.807, 2.05) is 24.3 Å². The van der Waals surface area contributed by atoms with Crippen LogP contribution in [-0.4, -0.2) is 29.0 Å². The second-order valence-electron chi connectivity index (χ2n) is 8.03. The Morgan fingerprint density at radius 3 is 2.47 bits per heavy atom. The van der Waals surface area contributed by atoms with E-state index in [1.54, 1.807) is 48.7 Å². The second-order valence-corrected chi connectivity index (χ2v) is 8.47. The average molecular weight is 505 g/mol. The van der Waals surface area contributed by atoms with Gasteiger partial charge < -0.3 is 21.1 Å². The molecule has 2 amide bonds. The normalized spacial score (nSPS) is 10.8. The number of aromatic nitrogens is 1. The third-order valence-electron chi connectivity index (χ3n) is 5.66. The molecule has 9 heteroatoms. The minimum absolute atomic E-state index is 0.0900. The number of esters is 1. The van der Waals surface area contributed by atoms with Crippen molar-refractivity contribution in [2.24, 2.45) is 5.73 Å². The lowest BCUT2D eigenvalue weighted by atomic mass is 10.1. The summed E-state index contributed by atoms with van der Waals surface area (Å²) in [6.45, 7) is 1.72. The first-order valence-electron chi connectivity index (χ1n) is 11.4. The monoisotopic (exact) mass is 504 g/mol. The van der Waals surface area contributed by atoms with Crippen LogP contribution >= 0.6 is 11.6 Å². The zero-order chi connectivity index (χ0) is 25.7. The van der Waals surface area contributed by atoms with Crippen LogP contribution in [0.15, 0.2) is 72.9 Å². The first-order chi connectivity index (χ1) is 17.4. The molecule has 0 fully saturated rings. The van der Waals surface area contributed by atoms with Crippen LogP contribution in [0.2, 0.25) is 5.02 Å². The zero-order valence-electron chi connectivity index (χ0n) is 19.6. The number of fused-ring (bicyclic) bond motifs is 1. The molecular formula is C27H25ClN4O4. The number of halogens is 1. The van der Waals surface area contributed by atoms with Gasteiger partial charge in [0.25, 0.3) is 5.91 Å². The summed E-state index contributed by atoms with van der Waals surface area (Å²) in [6.07, 6.45) is 2.45. The number of amides is 2. The first kappa shape index (κ1) is 25.0. The van der Waals surface area contributed by atoms with Crippen LogP contribution in [0, 0.1) is 0 Å². The van der Waals surface area contributed by atoms with Crippen molar-refractivity contribution in [3.8, 4) is 0 Å². The van der Waals surface area contributed by atoms with Crippen LogP contribution in [0.4, 0.5) is 16.2 Å². The Bertz CT molecular complexity index is 1430. The zero-order valence-corrected chi connectivity index (χ0v) is 20.3. The van der Waals surface area contributed by atoms with Crippen LogP contribution in [-0.2, 0) is 22.6 Å². The quantitative estimate of drug-likeness (QED) is 0.299. The van der Waals surface area contributed by atoms with Gasteiger partial charge >= 0.3 is 12.0 Å². The molecule has 0 saturated heterocycles. The Hall–Kier alpha value is -4.14. The molecule has 1 heterocycles. The van der Waals surface area contributed by atoms with Crippen molar-refractivity contribution in [2.75, 3.05) is 17.2 Å². The minimum atomic E-state index is -0.569. The van der Waals surface area contributed by atoms with E-state index in [9.17, 15) is 14.4 Å². The highest BCUT2D eigenvalue weighted by Crippen LogP contribution is 2.30. The number of rotatable bonds is 7. The van der Waals surface area contributed by atoms with Crippen LogP contribution in [0.25, 0.3) is 10.9 Å². The predicted octanol–water partition coefficient (Wildman–Crippen LogP) is 5.19. The predicted molar refractivity (Wildman–Crippen MR) is 140 cm³/mol. The smallest absolute Gasteiger partial charge is 0.323 e. The molecule has 184 valence electrons. The van der Waals surface area contributed by atoms with Gasteiger partial charge in [-0.3, -0.25) is 14.2 Å². The fraction of sp³-hybridized carbons (Fsp3) is 0.148. The molecule has 0 radical (unpaired) electrons. The summed E-state index contributed by atoms with van der Waals surface area (Å²) >= 11 is 6.22. The van der Waals surface area contributed by atoms with Gasteiger partial charge in [0.2, 0.25) is 0 Å². The van der Waals surface area contributed by atoms with Crippen LogP contribution in [0.5, 0.6) is 0 Å². The number of hydrogen-bond donors (Lipinski definition) is 3. The number of urea groups is 1. The van der Waals surface area contributed by atoms with Crippen molar-refractivity contribution >= 4 is 51.8 Å². The summed E-state index contributed by atoms with van der Waals surface area (Å²) in [5.74, 6) is -0.925. The lowest BCUT2D eigenvalue weighted by Crippen LogP contribution is -2.19. The van der Waals surface area contributed by atoms with Gasteiger partial charge in [0.15, 0.2) is 0 Å². The summed E-state index contributed by atoms with van der Waals surface area (Å²) < 4.78 is 6.56. The Balaban J connectivity index is 1.63. The van der Waals surface area contributed by atoms with E-state index < -0.39 is 12.0 Å². The van der Waals surface area contributed by atoms with E-state index in [0.29, 0.717) is 38.4 Å². The molecule has 0 aliphatic rings. The highest BCUT2D eigenvalue weighted by atomic mass is 35.5. The summed E-state index contributed by atoms with van der Waals surface area (Å²) in [4.78, 5) is 37.8. The number of carbonyl (C=O) groups excluding carboxylic acids is 3. The van der Waals surface area contributed by atoms with Gasteiger partial charge in [0, 0.05) is 33.4 Å². The van der Waals surface area contributed by atoms with E-state index >= 15 is 0 Å². The maximum Gasteiger partial charge on any atom is 0.323 e.